The van der Waals surface area contributed by atoms with Crippen LogP contribution in [0.1, 0.15) is 72.1 Å². The van der Waals surface area contributed by atoms with Crippen molar-refractivity contribution < 1.29 is 4.79 Å². The fourth-order valence-electron chi connectivity index (χ4n) is 6.57. The third-order valence-corrected chi connectivity index (χ3v) is 7.97. The zero-order chi connectivity index (χ0) is 19.1. The highest BCUT2D eigenvalue weighted by atomic mass is 16.2. The lowest BCUT2D eigenvalue weighted by Gasteiger charge is -2.43. The molecule has 1 amide bonds. The molecule has 0 spiro atoms. The van der Waals surface area contributed by atoms with Gasteiger partial charge in [0.2, 0.25) is 5.91 Å². The average molecular weight is 369 g/mol. The van der Waals surface area contributed by atoms with Gasteiger partial charge in [0.25, 0.3) is 0 Å². The van der Waals surface area contributed by atoms with Crippen LogP contribution in [0.4, 0.5) is 5.69 Å². The summed E-state index contributed by atoms with van der Waals surface area (Å²) in [5.74, 6) is 1.05. The highest BCUT2D eigenvalue weighted by molar-refractivity contribution is 5.95. The molecule has 3 atom stereocenters. The van der Waals surface area contributed by atoms with E-state index in [1.807, 2.05) is 18.2 Å². The molecular weight excluding hydrogens is 332 g/mol. The molecule has 0 heterocycles. The van der Waals surface area contributed by atoms with E-state index >= 15 is 0 Å². The van der Waals surface area contributed by atoms with E-state index < -0.39 is 0 Å². The van der Waals surface area contributed by atoms with Crippen LogP contribution in [-0.2, 0) is 4.79 Å². The van der Waals surface area contributed by atoms with E-state index in [4.69, 9.17) is 0 Å². The molecule has 3 fully saturated rings. The molecule has 3 aliphatic carbocycles. The maximum absolute atomic E-state index is 13.4. The normalized spacial score (nSPS) is 32.6. The number of amides is 1. The number of fused-ring (bicyclic) bond motifs is 2. The van der Waals surface area contributed by atoms with Crippen molar-refractivity contribution >= 4 is 11.6 Å². The molecule has 3 nitrogen and oxygen atoms in total. The summed E-state index contributed by atoms with van der Waals surface area (Å²) in [6.45, 7) is 7.70. The summed E-state index contributed by atoms with van der Waals surface area (Å²) in [5, 5.41) is 3.74. The number of benzene rings is 1. The van der Waals surface area contributed by atoms with Gasteiger partial charge in [0, 0.05) is 17.8 Å². The summed E-state index contributed by atoms with van der Waals surface area (Å²) < 4.78 is 0. The first kappa shape index (κ1) is 19.0. The van der Waals surface area contributed by atoms with Gasteiger partial charge in [-0.2, -0.15) is 0 Å². The highest BCUT2D eigenvalue weighted by Crippen LogP contribution is 2.62. The van der Waals surface area contributed by atoms with Crippen LogP contribution < -0.4 is 10.2 Å². The zero-order valence-corrected chi connectivity index (χ0v) is 17.3. The Hall–Kier alpha value is -1.35. The first-order chi connectivity index (χ1) is 12.9. The third-order valence-electron chi connectivity index (χ3n) is 7.97. The number of nitrogens with zero attached hydrogens (tertiary/aromatic N) is 1. The van der Waals surface area contributed by atoms with Crippen molar-refractivity contribution in [3.8, 4) is 0 Å². The number of carbonyl (C=O) groups is 1. The lowest BCUT2D eigenvalue weighted by molar-refractivity contribution is -0.118. The van der Waals surface area contributed by atoms with Crippen molar-refractivity contribution in [1.29, 1.82) is 0 Å². The second-order valence-corrected chi connectivity index (χ2v) is 10.1. The predicted molar refractivity (Wildman–Crippen MR) is 112 cm³/mol. The van der Waals surface area contributed by atoms with Crippen LogP contribution in [0.5, 0.6) is 0 Å². The van der Waals surface area contributed by atoms with E-state index in [0.29, 0.717) is 24.0 Å². The van der Waals surface area contributed by atoms with Gasteiger partial charge in [-0.05, 0) is 61.0 Å². The molecule has 2 bridgehead atoms. The Bertz CT molecular complexity index is 659. The van der Waals surface area contributed by atoms with E-state index in [0.717, 1.165) is 24.4 Å². The Balaban J connectivity index is 1.49. The van der Waals surface area contributed by atoms with Gasteiger partial charge in [-0.15, -0.1) is 0 Å². The van der Waals surface area contributed by atoms with Crippen LogP contribution in [0.15, 0.2) is 30.3 Å². The fourth-order valence-corrected chi connectivity index (χ4v) is 6.57. The van der Waals surface area contributed by atoms with Crippen molar-refractivity contribution in [2.75, 3.05) is 11.4 Å². The van der Waals surface area contributed by atoms with Gasteiger partial charge >= 0.3 is 0 Å². The monoisotopic (exact) mass is 368 g/mol. The Morgan fingerprint density at radius 3 is 2.41 bits per heavy atom. The van der Waals surface area contributed by atoms with Crippen molar-refractivity contribution in [3.63, 3.8) is 0 Å². The van der Waals surface area contributed by atoms with Gasteiger partial charge < -0.3 is 10.2 Å². The van der Waals surface area contributed by atoms with Crippen molar-refractivity contribution in [1.82, 2.24) is 5.32 Å². The molecule has 4 rings (SSSR count). The second-order valence-electron chi connectivity index (χ2n) is 10.1. The Morgan fingerprint density at radius 2 is 1.78 bits per heavy atom. The molecule has 27 heavy (non-hydrogen) atoms. The minimum absolute atomic E-state index is 0.246. The summed E-state index contributed by atoms with van der Waals surface area (Å²) in [5.41, 5.74) is 1.71. The van der Waals surface area contributed by atoms with Crippen LogP contribution in [0.3, 0.4) is 0 Å². The smallest absolute Gasteiger partial charge is 0.241 e. The first-order valence-corrected chi connectivity index (χ1v) is 11.0. The summed E-state index contributed by atoms with van der Waals surface area (Å²) in [6.07, 6.45) is 10.0. The van der Waals surface area contributed by atoms with Crippen molar-refractivity contribution in [2.45, 2.75) is 84.2 Å². The Labute approximate surface area is 164 Å². The highest BCUT2D eigenvalue weighted by Gasteiger charge is 2.59. The van der Waals surface area contributed by atoms with E-state index in [2.05, 4.69) is 43.1 Å². The third kappa shape index (κ3) is 3.44. The summed E-state index contributed by atoms with van der Waals surface area (Å²) >= 11 is 0. The van der Waals surface area contributed by atoms with E-state index in [9.17, 15) is 4.79 Å². The average Bonchev–Trinajstić information content (AvgIpc) is 3.14. The van der Waals surface area contributed by atoms with Crippen molar-refractivity contribution in [2.24, 2.45) is 16.7 Å². The number of hydrogen-bond donors (Lipinski definition) is 1. The largest absolute Gasteiger partial charge is 0.308 e. The molecule has 3 heteroatoms. The van der Waals surface area contributed by atoms with Crippen LogP contribution in [0.25, 0.3) is 0 Å². The van der Waals surface area contributed by atoms with Gasteiger partial charge in [0.05, 0.1) is 6.54 Å². The van der Waals surface area contributed by atoms with Gasteiger partial charge in [0.1, 0.15) is 0 Å². The minimum Gasteiger partial charge on any atom is -0.308 e. The molecule has 0 saturated heterocycles. The molecule has 1 N–H and O–H groups in total. The summed E-state index contributed by atoms with van der Waals surface area (Å²) in [6, 6.07) is 11.1. The maximum atomic E-state index is 13.4. The lowest BCUT2D eigenvalue weighted by Crippen LogP contribution is -2.54. The van der Waals surface area contributed by atoms with Gasteiger partial charge in [0.15, 0.2) is 0 Å². The number of anilines is 1. The quantitative estimate of drug-likeness (QED) is 0.779. The summed E-state index contributed by atoms with van der Waals surface area (Å²) in [7, 11) is 0. The van der Waals surface area contributed by atoms with Crippen LogP contribution >= 0.6 is 0 Å². The number of carbonyl (C=O) groups excluding carboxylic acids is 1. The standard InChI is InChI=1S/C24H36N2O/c1-23(2)18-14-15-24(3,16-18)22(23)25-17-21(27)26(19-10-6-4-7-11-19)20-12-8-5-9-13-20/h4,6-7,10-11,18,20,22,25H,5,8-9,12-17H2,1-3H3/t18-,22+,24+/m1/s1. The number of hydrogen-bond acceptors (Lipinski definition) is 2. The van der Waals surface area contributed by atoms with Gasteiger partial charge in [-0.25, -0.2) is 0 Å². The molecule has 0 aliphatic heterocycles. The van der Waals surface area contributed by atoms with E-state index in [1.165, 1.54) is 38.5 Å². The SMILES string of the molecule is CC1(C)[C@@H]2CC[C@@](C)(C2)[C@H]1NCC(=O)N(c1ccccc1)C1CCCCC1. The predicted octanol–water partition coefficient (Wildman–Crippen LogP) is 5.16. The fraction of sp³-hybridized carbons (Fsp3) is 0.708. The number of para-hydroxylation sites is 1. The maximum Gasteiger partial charge on any atom is 0.241 e. The zero-order valence-electron chi connectivity index (χ0n) is 17.3. The van der Waals surface area contributed by atoms with E-state index in [1.54, 1.807) is 0 Å². The van der Waals surface area contributed by atoms with Crippen molar-refractivity contribution in [3.05, 3.63) is 30.3 Å². The molecular formula is C24H36N2O. The van der Waals surface area contributed by atoms with E-state index in [-0.39, 0.29) is 11.3 Å². The molecule has 148 valence electrons. The van der Waals surface area contributed by atoms with Crippen LogP contribution in [0, 0.1) is 16.7 Å². The molecule has 3 aliphatic rings. The number of rotatable bonds is 5. The molecule has 3 saturated carbocycles. The van der Waals surface area contributed by atoms with Crippen LogP contribution in [-0.4, -0.2) is 24.5 Å². The molecule has 1 aromatic rings. The first-order valence-electron chi connectivity index (χ1n) is 11.0. The number of nitrogens with one attached hydrogen (secondary N) is 1. The Morgan fingerprint density at radius 1 is 1.07 bits per heavy atom. The second kappa shape index (κ2) is 7.24. The topological polar surface area (TPSA) is 32.3 Å². The summed E-state index contributed by atoms with van der Waals surface area (Å²) in [4.78, 5) is 15.5. The molecule has 0 radical (unpaired) electrons. The molecule has 1 aromatic carbocycles. The molecule has 0 unspecified atom stereocenters. The van der Waals surface area contributed by atoms with Gasteiger partial charge in [-0.3, -0.25) is 4.79 Å². The Kier molecular flexibility index (Phi) is 5.09. The van der Waals surface area contributed by atoms with Gasteiger partial charge in [-0.1, -0.05) is 58.2 Å². The molecule has 0 aromatic heterocycles. The van der Waals surface area contributed by atoms with Crippen LogP contribution in [0.2, 0.25) is 0 Å². The minimum atomic E-state index is 0.246. The lowest BCUT2D eigenvalue weighted by atomic mass is 9.68.